The van der Waals surface area contributed by atoms with Gasteiger partial charge < -0.3 is 4.18 Å². The average Bonchev–Trinajstić information content (AvgIpc) is 2.81. The summed E-state index contributed by atoms with van der Waals surface area (Å²) in [5.41, 5.74) is 2.00. The minimum absolute atomic E-state index is 0.280. The molecule has 0 bridgehead atoms. The maximum atomic E-state index is 12.3. The Hall–Kier alpha value is -1.74. The van der Waals surface area contributed by atoms with E-state index in [1.54, 1.807) is 0 Å². The molecule has 0 unspecified atom stereocenters. The van der Waals surface area contributed by atoms with Crippen LogP contribution < -0.4 is 0 Å². The molecule has 1 fully saturated rings. The lowest BCUT2D eigenvalue weighted by Crippen LogP contribution is -2.13. The molecule has 0 aromatic heterocycles. The maximum absolute atomic E-state index is 12.3. The van der Waals surface area contributed by atoms with E-state index >= 15 is 0 Å². The number of hydrogen-bond acceptors (Lipinski definition) is 3. The summed E-state index contributed by atoms with van der Waals surface area (Å²) in [7, 11) is 0. The molecule has 0 radical (unpaired) electrons. The largest absolute Gasteiger partial charge is 0.382 e. The van der Waals surface area contributed by atoms with E-state index in [9.17, 15) is 4.79 Å². The van der Waals surface area contributed by atoms with Crippen LogP contribution in [0.25, 0.3) is 0 Å². The first kappa shape index (κ1) is 22.9. The molecule has 0 saturated heterocycles. The lowest BCUT2D eigenvalue weighted by molar-refractivity contribution is 0.0768. The molecule has 3 rings (SSSR count). The minimum atomic E-state index is -0.280. The van der Waals surface area contributed by atoms with Crippen LogP contribution in [0.1, 0.15) is 99.4 Å². The van der Waals surface area contributed by atoms with Gasteiger partial charge in [-0.25, -0.2) is 4.79 Å². The van der Waals surface area contributed by atoms with Gasteiger partial charge in [0.2, 0.25) is 0 Å². The zero-order chi connectivity index (χ0) is 21.0. The molecule has 1 saturated carbocycles. The van der Waals surface area contributed by atoms with Crippen molar-refractivity contribution >= 4 is 18.0 Å². The first-order valence-corrected chi connectivity index (χ1v) is 12.5. The van der Waals surface area contributed by atoms with Crippen LogP contribution in [0.15, 0.2) is 59.5 Å². The summed E-state index contributed by atoms with van der Waals surface area (Å²) in [6.45, 7) is 2.28. The summed E-state index contributed by atoms with van der Waals surface area (Å²) in [6, 6.07) is 17.8. The van der Waals surface area contributed by atoms with Crippen molar-refractivity contribution in [3.8, 4) is 0 Å². The van der Waals surface area contributed by atoms with E-state index in [-0.39, 0.29) is 5.97 Å². The number of benzene rings is 2. The van der Waals surface area contributed by atoms with Gasteiger partial charge in [0.1, 0.15) is 0 Å². The van der Waals surface area contributed by atoms with E-state index in [4.69, 9.17) is 4.18 Å². The van der Waals surface area contributed by atoms with Gasteiger partial charge in [-0.3, -0.25) is 0 Å². The number of carbonyl (C=O) groups is 1. The summed E-state index contributed by atoms with van der Waals surface area (Å²) in [5, 5.41) is 0. The predicted molar refractivity (Wildman–Crippen MR) is 127 cm³/mol. The van der Waals surface area contributed by atoms with Gasteiger partial charge in [-0.1, -0.05) is 82.2 Å². The van der Waals surface area contributed by atoms with Crippen molar-refractivity contribution in [1.29, 1.82) is 0 Å². The number of carbonyl (C=O) groups excluding carboxylic acids is 1. The van der Waals surface area contributed by atoms with Gasteiger partial charge in [-0.15, -0.1) is 0 Å². The summed E-state index contributed by atoms with van der Waals surface area (Å²) in [5.74, 6) is 1.30. The highest BCUT2D eigenvalue weighted by Gasteiger charge is 2.22. The molecule has 1 aliphatic carbocycles. The molecule has 0 aliphatic heterocycles. The van der Waals surface area contributed by atoms with E-state index in [0.29, 0.717) is 11.5 Å². The highest BCUT2D eigenvalue weighted by molar-refractivity contribution is 7.95. The molecule has 1 aliphatic rings. The lowest BCUT2D eigenvalue weighted by atomic mass is 9.77. The Morgan fingerprint density at radius 3 is 2.23 bits per heavy atom. The Labute approximate surface area is 187 Å². The quantitative estimate of drug-likeness (QED) is 0.267. The topological polar surface area (TPSA) is 26.3 Å². The van der Waals surface area contributed by atoms with Crippen LogP contribution in [0, 0.1) is 5.92 Å². The fraction of sp³-hybridized carbons (Fsp3) is 0.519. The van der Waals surface area contributed by atoms with E-state index in [1.807, 2.05) is 42.5 Å². The second-order valence-corrected chi connectivity index (χ2v) is 9.47. The summed E-state index contributed by atoms with van der Waals surface area (Å²) in [4.78, 5) is 13.2. The van der Waals surface area contributed by atoms with Crippen molar-refractivity contribution in [2.45, 2.75) is 88.4 Å². The van der Waals surface area contributed by atoms with Crippen LogP contribution in [-0.4, -0.2) is 5.97 Å². The van der Waals surface area contributed by atoms with Gasteiger partial charge in [0.15, 0.2) is 0 Å². The molecule has 162 valence electrons. The third-order valence-corrected chi connectivity index (χ3v) is 7.09. The third kappa shape index (κ3) is 7.50. The first-order chi connectivity index (χ1) is 14.8. The van der Waals surface area contributed by atoms with Crippen LogP contribution in [0.2, 0.25) is 0 Å². The summed E-state index contributed by atoms with van der Waals surface area (Å²) >= 11 is 1.12. The molecule has 0 atom stereocenters. The van der Waals surface area contributed by atoms with E-state index in [1.165, 1.54) is 76.2 Å². The molecule has 0 spiro atoms. The Morgan fingerprint density at radius 1 is 0.867 bits per heavy atom. The Bertz CT molecular complexity index is 733. The Balaban J connectivity index is 1.37. The molecule has 0 N–H and O–H groups in total. The van der Waals surface area contributed by atoms with Crippen LogP contribution in [-0.2, 0) is 4.18 Å². The van der Waals surface area contributed by atoms with Gasteiger partial charge in [0.05, 0.1) is 17.6 Å². The third-order valence-electron chi connectivity index (χ3n) is 6.39. The lowest BCUT2D eigenvalue weighted by Gasteiger charge is -2.29. The Kier molecular flexibility index (Phi) is 9.82. The Morgan fingerprint density at radius 2 is 1.53 bits per heavy atom. The molecule has 2 aromatic rings. The second-order valence-electron chi connectivity index (χ2n) is 8.66. The van der Waals surface area contributed by atoms with Crippen molar-refractivity contribution in [2.24, 2.45) is 5.92 Å². The summed E-state index contributed by atoms with van der Waals surface area (Å²) < 4.78 is 5.36. The normalized spacial score (nSPS) is 18.8. The molecule has 30 heavy (non-hydrogen) atoms. The van der Waals surface area contributed by atoms with Crippen molar-refractivity contribution < 1.29 is 8.98 Å². The molecular weight excluding hydrogens is 388 g/mol. The highest BCUT2D eigenvalue weighted by Crippen LogP contribution is 2.38. The van der Waals surface area contributed by atoms with Crippen molar-refractivity contribution in [1.82, 2.24) is 0 Å². The molecule has 0 amide bonds. The van der Waals surface area contributed by atoms with Gasteiger partial charge in [-0.05, 0) is 67.3 Å². The zero-order valence-electron chi connectivity index (χ0n) is 18.4. The van der Waals surface area contributed by atoms with Gasteiger partial charge in [0.25, 0.3) is 0 Å². The fourth-order valence-corrected chi connectivity index (χ4v) is 5.04. The second kappa shape index (κ2) is 12.8. The number of unbranched alkanes of at least 4 members (excludes halogenated alkanes) is 5. The van der Waals surface area contributed by atoms with E-state index in [2.05, 4.69) is 19.1 Å². The van der Waals surface area contributed by atoms with Crippen LogP contribution >= 0.6 is 12.0 Å². The molecular formula is C27H36O2S. The van der Waals surface area contributed by atoms with Crippen LogP contribution in [0.3, 0.4) is 0 Å². The van der Waals surface area contributed by atoms with Crippen molar-refractivity contribution in [3.05, 3.63) is 65.7 Å². The van der Waals surface area contributed by atoms with Gasteiger partial charge in [-0.2, -0.15) is 0 Å². The fourth-order valence-electron chi connectivity index (χ4n) is 4.50. The first-order valence-electron chi connectivity index (χ1n) is 11.8. The highest BCUT2D eigenvalue weighted by atomic mass is 32.2. The van der Waals surface area contributed by atoms with Crippen LogP contribution in [0.4, 0.5) is 0 Å². The smallest absolute Gasteiger partial charge is 0.350 e. The summed E-state index contributed by atoms with van der Waals surface area (Å²) in [6.07, 6.45) is 15.1. The number of rotatable bonds is 11. The van der Waals surface area contributed by atoms with Crippen molar-refractivity contribution in [3.63, 3.8) is 0 Å². The molecule has 2 nitrogen and oxygen atoms in total. The maximum Gasteiger partial charge on any atom is 0.350 e. The molecule has 2 aromatic carbocycles. The molecule has 0 heterocycles. The predicted octanol–water partition coefficient (Wildman–Crippen LogP) is 8.58. The SMILES string of the molecule is CCCCCCCCC1CCC(c2ccc(C(=O)OSc3ccccc3)cc2)CC1. The molecule has 3 heteroatoms. The minimum Gasteiger partial charge on any atom is -0.382 e. The number of hydrogen-bond donors (Lipinski definition) is 0. The van der Waals surface area contributed by atoms with E-state index in [0.717, 1.165) is 22.9 Å². The standard InChI is InChI=1S/C27H36O2S/c1-2-3-4-5-6-8-11-22-14-16-23(17-15-22)24-18-20-25(21-19-24)27(28)29-30-26-12-9-7-10-13-26/h7,9-10,12-13,18-23H,2-6,8,11,14-17H2,1H3. The zero-order valence-corrected chi connectivity index (χ0v) is 19.2. The van der Waals surface area contributed by atoms with Crippen LogP contribution in [0.5, 0.6) is 0 Å². The van der Waals surface area contributed by atoms with E-state index < -0.39 is 0 Å². The van der Waals surface area contributed by atoms with Gasteiger partial charge in [0, 0.05) is 4.90 Å². The average molecular weight is 425 g/mol. The van der Waals surface area contributed by atoms with Gasteiger partial charge >= 0.3 is 5.97 Å². The van der Waals surface area contributed by atoms with Crippen molar-refractivity contribution in [2.75, 3.05) is 0 Å². The monoisotopic (exact) mass is 424 g/mol.